The molecule has 0 aromatic heterocycles. The van der Waals surface area contributed by atoms with Gasteiger partial charge in [0.1, 0.15) is 24.8 Å². The fourth-order valence-corrected chi connectivity index (χ4v) is 6.45. The molecular weight excluding hydrogens is 484 g/mol. The third kappa shape index (κ3) is 4.85. The van der Waals surface area contributed by atoms with Crippen molar-refractivity contribution in [2.24, 2.45) is 0 Å². The Kier molecular flexibility index (Phi) is 8.25. The lowest BCUT2D eigenvalue weighted by atomic mass is 9.45. The van der Waals surface area contributed by atoms with Crippen LogP contribution in [-0.4, -0.2) is 25.0 Å². The van der Waals surface area contributed by atoms with Gasteiger partial charge in [0.2, 0.25) is 0 Å². The van der Waals surface area contributed by atoms with Gasteiger partial charge < -0.3 is 14.3 Å². The first-order chi connectivity index (χ1) is 18.7. The number of hydrogen-bond donors (Lipinski definition) is 0. The van der Waals surface area contributed by atoms with Gasteiger partial charge in [-0.2, -0.15) is 0 Å². The fraction of sp³-hybridized carbons (Fsp3) is 0.314. The Balaban J connectivity index is 1.76. The molecule has 0 radical (unpaired) electrons. The number of ketones is 1. The van der Waals surface area contributed by atoms with E-state index in [-0.39, 0.29) is 31.4 Å². The molecule has 0 N–H and O–H groups in total. The maximum Gasteiger partial charge on any atom is 0.305 e. The van der Waals surface area contributed by atoms with Gasteiger partial charge in [0, 0.05) is 23.7 Å². The summed E-state index contributed by atoms with van der Waals surface area (Å²) in [6, 6.07) is 17.0. The maximum atomic E-state index is 13.0. The molecule has 2 bridgehead atoms. The predicted octanol–water partition coefficient (Wildman–Crippen LogP) is 7.44. The normalized spacial score (nSPS) is 20.8. The molecule has 2 aromatic carbocycles. The standard InChI is InChI=1S/C35H38O4/c1-7-8-13-28-26(5)34(21-19-33(37)39-23-22-38-27(6)24(2)3)29-14-9-11-16-31(29)35(28,20-18-25(4)36)32-17-12-10-15-30(32)34/h7-17H,1-2,6,18-23H2,3-5H3/b13-8-. The van der Waals surface area contributed by atoms with Crippen molar-refractivity contribution >= 4 is 11.8 Å². The van der Waals surface area contributed by atoms with E-state index in [2.05, 4.69) is 81.3 Å². The van der Waals surface area contributed by atoms with Crippen LogP contribution in [0.15, 0.2) is 109 Å². The number of benzene rings is 2. The number of allylic oxidation sites excluding steroid dienone is 6. The molecule has 0 fully saturated rings. The van der Waals surface area contributed by atoms with Crippen LogP contribution in [0.4, 0.5) is 0 Å². The molecule has 5 rings (SSSR count). The van der Waals surface area contributed by atoms with Crippen LogP contribution >= 0.6 is 0 Å². The summed E-state index contributed by atoms with van der Waals surface area (Å²) in [5.41, 5.74) is 7.01. The van der Waals surface area contributed by atoms with E-state index < -0.39 is 10.8 Å². The van der Waals surface area contributed by atoms with E-state index in [1.807, 2.05) is 13.0 Å². The average Bonchev–Trinajstić information content (AvgIpc) is 2.93. The van der Waals surface area contributed by atoms with Crippen LogP contribution < -0.4 is 0 Å². The van der Waals surface area contributed by atoms with E-state index in [9.17, 15) is 9.59 Å². The lowest BCUT2D eigenvalue weighted by Crippen LogP contribution is -2.50. The molecule has 3 aliphatic carbocycles. The smallest absolute Gasteiger partial charge is 0.305 e. The summed E-state index contributed by atoms with van der Waals surface area (Å²) in [5.74, 6) is 0.403. The van der Waals surface area contributed by atoms with E-state index in [0.717, 1.165) is 5.57 Å². The minimum absolute atomic E-state index is 0.154. The molecule has 4 nitrogen and oxygen atoms in total. The third-order valence-electron chi connectivity index (χ3n) is 8.25. The van der Waals surface area contributed by atoms with E-state index in [1.165, 1.54) is 33.4 Å². The van der Waals surface area contributed by atoms with Crippen molar-refractivity contribution in [3.05, 3.63) is 131 Å². The molecule has 0 atom stereocenters. The second-order valence-electron chi connectivity index (χ2n) is 10.5. The Bertz CT molecular complexity index is 1340. The van der Waals surface area contributed by atoms with Crippen molar-refractivity contribution in [2.75, 3.05) is 13.2 Å². The molecule has 0 aliphatic heterocycles. The first-order valence-corrected chi connectivity index (χ1v) is 13.5. The minimum atomic E-state index is -0.490. The SMILES string of the molecule is C=C/C=C\C1=C(C)C2(CCC(=O)OCCOC(=C)C(=C)C)c3ccccc3C1(CCC(C)=O)c1ccccc12. The molecule has 2 aromatic rings. The Morgan fingerprint density at radius 1 is 0.821 bits per heavy atom. The molecule has 202 valence electrons. The number of hydrogen-bond acceptors (Lipinski definition) is 4. The summed E-state index contributed by atoms with van der Waals surface area (Å²) in [5, 5.41) is 0. The zero-order chi connectivity index (χ0) is 28.2. The second kappa shape index (κ2) is 11.4. The van der Waals surface area contributed by atoms with Crippen LogP contribution in [0.5, 0.6) is 0 Å². The molecule has 3 aliphatic rings. The van der Waals surface area contributed by atoms with E-state index in [1.54, 1.807) is 13.0 Å². The predicted molar refractivity (Wildman–Crippen MR) is 156 cm³/mol. The highest BCUT2D eigenvalue weighted by Gasteiger charge is 2.57. The second-order valence-corrected chi connectivity index (χ2v) is 10.5. The van der Waals surface area contributed by atoms with Gasteiger partial charge in [-0.3, -0.25) is 4.79 Å². The molecular formula is C35H38O4. The summed E-state index contributed by atoms with van der Waals surface area (Å²) in [6.45, 7) is 17.6. The van der Waals surface area contributed by atoms with Gasteiger partial charge in [0.15, 0.2) is 0 Å². The van der Waals surface area contributed by atoms with Crippen LogP contribution in [-0.2, 0) is 29.9 Å². The number of carbonyl (C=O) groups excluding carboxylic acids is 2. The highest BCUT2D eigenvalue weighted by molar-refractivity contribution is 5.79. The quantitative estimate of drug-likeness (QED) is 0.119. The van der Waals surface area contributed by atoms with E-state index in [4.69, 9.17) is 9.47 Å². The summed E-state index contributed by atoms with van der Waals surface area (Å²) < 4.78 is 11.0. The van der Waals surface area contributed by atoms with Crippen molar-refractivity contribution in [2.45, 2.75) is 57.3 Å². The number of Topliss-reactive ketones (excluding diaryl/α,β-unsaturated/α-hetero) is 1. The third-order valence-corrected chi connectivity index (χ3v) is 8.25. The van der Waals surface area contributed by atoms with E-state index in [0.29, 0.717) is 25.0 Å². The first kappa shape index (κ1) is 28.1. The molecule has 0 amide bonds. The topological polar surface area (TPSA) is 52.6 Å². The highest BCUT2D eigenvalue weighted by Crippen LogP contribution is 2.64. The van der Waals surface area contributed by atoms with Crippen LogP contribution in [0.2, 0.25) is 0 Å². The van der Waals surface area contributed by atoms with Gasteiger partial charge in [-0.1, -0.05) is 92.1 Å². The number of rotatable bonds is 13. The largest absolute Gasteiger partial charge is 0.490 e. The van der Waals surface area contributed by atoms with Gasteiger partial charge in [-0.25, -0.2) is 0 Å². The maximum absolute atomic E-state index is 13.0. The molecule has 0 saturated heterocycles. The summed E-state index contributed by atoms with van der Waals surface area (Å²) >= 11 is 0. The number of ether oxygens (including phenoxy) is 2. The van der Waals surface area contributed by atoms with Gasteiger partial charge >= 0.3 is 5.97 Å². The summed E-state index contributed by atoms with van der Waals surface area (Å²) in [4.78, 5) is 25.2. The Labute approximate surface area is 232 Å². The lowest BCUT2D eigenvalue weighted by molar-refractivity contribution is -0.145. The molecule has 0 heterocycles. The van der Waals surface area contributed by atoms with Crippen molar-refractivity contribution in [1.82, 2.24) is 0 Å². The molecule has 0 unspecified atom stereocenters. The van der Waals surface area contributed by atoms with Crippen molar-refractivity contribution in [3.8, 4) is 0 Å². The number of carbonyl (C=O) groups is 2. The Morgan fingerprint density at radius 2 is 1.33 bits per heavy atom. The van der Waals surface area contributed by atoms with E-state index >= 15 is 0 Å². The fourth-order valence-electron chi connectivity index (χ4n) is 6.45. The van der Waals surface area contributed by atoms with Crippen LogP contribution in [0.25, 0.3) is 0 Å². The van der Waals surface area contributed by atoms with Gasteiger partial charge in [0.25, 0.3) is 0 Å². The van der Waals surface area contributed by atoms with Gasteiger partial charge in [0.05, 0.1) is 0 Å². The monoisotopic (exact) mass is 522 g/mol. The van der Waals surface area contributed by atoms with Crippen molar-refractivity contribution in [3.63, 3.8) is 0 Å². The zero-order valence-electron chi connectivity index (χ0n) is 23.3. The van der Waals surface area contributed by atoms with Crippen LogP contribution in [0, 0.1) is 0 Å². The minimum Gasteiger partial charge on any atom is -0.490 e. The summed E-state index contributed by atoms with van der Waals surface area (Å²) in [7, 11) is 0. The molecule has 0 saturated carbocycles. The molecule has 4 heteroatoms. The van der Waals surface area contributed by atoms with Crippen molar-refractivity contribution in [1.29, 1.82) is 0 Å². The zero-order valence-corrected chi connectivity index (χ0v) is 23.3. The van der Waals surface area contributed by atoms with Crippen LogP contribution in [0.1, 0.15) is 68.7 Å². The lowest BCUT2D eigenvalue weighted by Gasteiger charge is -2.57. The van der Waals surface area contributed by atoms with Crippen molar-refractivity contribution < 1.29 is 19.1 Å². The average molecular weight is 523 g/mol. The Morgan fingerprint density at radius 3 is 1.85 bits per heavy atom. The molecule has 0 spiro atoms. The first-order valence-electron chi connectivity index (χ1n) is 13.5. The molecule has 39 heavy (non-hydrogen) atoms. The van der Waals surface area contributed by atoms with Gasteiger partial charge in [-0.15, -0.1) is 0 Å². The number of esters is 1. The van der Waals surface area contributed by atoms with Crippen LogP contribution in [0.3, 0.4) is 0 Å². The highest BCUT2D eigenvalue weighted by atomic mass is 16.6. The summed E-state index contributed by atoms with van der Waals surface area (Å²) in [6.07, 6.45) is 7.88. The van der Waals surface area contributed by atoms with Gasteiger partial charge in [-0.05, 0) is 67.0 Å². The Hall–Kier alpha value is -3.92.